The quantitative estimate of drug-likeness (QED) is 0.805. The van der Waals surface area contributed by atoms with Gasteiger partial charge in [-0.15, -0.1) is 0 Å². The van der Waals surface area contributed by atoms with Gasteiger partial charge in [0.05, 0.1) is 0 Å². The van der Waals surface area contributed by atoms with Crippen LogP contribution in [0.25, 0.3) is 0 Å². The lowest BCUT2D eigenvalue weighted by Gasteiger charge is -2.37. The minimum absolute atomic E-state index is 0.0464. The van der Waals surface area contributed by atoms with Gasteiger partial charge in [-0.3, -0.25) is 4.90 Å². The third kappa shape index (κ3) is 3.78. The maximum Gasteiger partial charge on any atom is 0.491 e. The number of hydrogen-bond donors (Lipinski definition) is 2. The molecule has 1 aromatic carbocycles. The zero-order valence-electron chi connectivity index (χ0n) is 11.6. The van der Waals surface area contributed by atoms with Crippen LogP contribution < -0.4 is 5.46 Å². The standard InChI is InChI=1S/C14H21BFNO2/c1-14(2)5-7-17(8-6-14)10-11-3-4-13(16)12(9-11)15(18)19/h3-4,9,18-19H,5-8,10H2,1-2H3. The summed E-state index contributed by atoms with van der Waals surface area (Å²) in [6.07, 6.45) is 2.31. The summed E-state index contributed by atoms with van der Waals surface area (Å²) in [6.45, 7) is 7.35. The minimum Gasteiger partial charge on any atom is -0.423 e. The summed E-state index contributed by atoms with van der Waals surface area (Å²) in [5.74, 6) is -0.571. The molecule has 0 saturated carbocycles. The highest BCUT2D eigenvalue weighted by atomic mass is 19.1. The maximum absolute atomic E-state index is 13.4. The second-order valence-electron chi connectivity index (χ2n) is 6.17. The zero-order valence-corrected chi connectivity index (χ0v) is 11.6. The Morgan fingerprint density at radius 2 is 1.89 bits per heavy atom. The van der Waals surface area contributed by atoms with E-state index in [1.807, 2.05) is 0 Å². The lowest BCUT2D eigenvalue weighted by Crippen LogP contribution is -2.37. The van der Waals surface area contributed by atoms with Crippen molar-refractivity contribution in [3.05, 3.63) is 29.6 Å². The molecule has 1 aliphatic rings. The van der Waals surface area contributed by atoms with Gasteiger partial charge in [-0.25, -0.2) is 4.39 Å². The number of nitrogens with zero attached hydrogens (tertiary/aromatic N) is 1. The lowest BCUT2D eigenvalue weighted by molar-refractivity contribution is 0.127. The van der Waals surface area contributed by atoms with Crippen molar-refractivity contribution in [2.45, 2.75) is 33.2 Å². The molecule has 0 spiro atoms. The molecule has 1 aliphatic heterocycles. The predicted molar refractivity (Wildman–Crippen MR) is 74.5 cm³/mol. The van der Waals surface area contributed by atoms with Crippen LogP contribution in [0.4, 0.5) is 4.39 Å². The van der Waals surface area contributed by atoms with E-state index in [1.54, 1.807) is 12.1 Å². The van der Waals surface area contributed by atoms with Crippen molar-refractivity contribution in [3.63, 3.8) is 0 Å². The Morgan fingerprint density at radius 1 is 1.26 bits per heavy atom. The van der Waals surface area contributed by atoms with Gasteiger partial charge in [-0.2, -0.15) is 0 Å². The Kier molecular flexibility index (Phi) is 4.28. The minimum atomic E-state index is -1.75. The molecule has 1 heterocycles. The first kappa shape index (κ1) is 14.5. The van der Waals surface area contributed by atoms with E-state index in [0.29, 0.717) is 5.41 Å². The summed E-state index contributed by atoms with van der Waals surface area (Å²) in [4.78, 5) is 2.33. The number of piperidine rings is 1. The largest absolute Gasteiger partial charge is 0.491 e. The van der Waals surface area contributed by atoms with E-state index in [2.05, 4.69) is 18.7 Å². The fourth-order valence-corrected chi connectivity index (χ4v) is 2.46. The molecule has 1 saturated heterocycles. The summed E-state index contributed by atoms with van der Waals surface area (Å²) in [6, 6.07) is 4.55. The molecule has 0 radical (unpaired) electrons. The molecule has 104 valence electrons. The van der Waals surface area contributed by atoms with E-state index < -0.39 is 12.9 Å². The summed E-state index contributed by atoms with van der Waals surface area (Å²) < 4.78 is 13.4. The van der Waals surface area contributed by atoms with Gasteiger partial charge in [0.25, 0.3) is 0 Å². The van der Waals surface area contributed by atoms with Crippen molar-refractivity contribution in [1.29, 1.82) is 0 Å². The predicted octanol–water partition coefficient (Wildman–Crippen LogP) is 1.13. The first-order valence-corrected chi connectivity index (χ1v) is 6.74. The van der Waals surface area contributed by atoms with Crippen molar-refractivity contribution in [3.8, 4) is 0 Å². The molecule has 0 bridgehead atoms. The molecular weight excluding hydrogens is 244 g/mol. The van der Waals surface area contributed by atoms with Crippen molar-refractivity contribution in [2.24, 2.45) is 5.41 Å². The van der Waals surface area contributed by atoms with Crippen molar-refractivity contribution in [2.75, 3.05) is 13.1 Å². The maximum atomic E-state index is 13.4. The van der Waals surface area contributed by atoms with E-state index in [-0.39, 0.29) is 5.46 Å². The van der Waals surface area contributed by atoms with Crippen LogP contribution >= 0.6 is 0 Å². The summed E-state index contributed by atoms with van der Waals surface area (Å²) in [7, 11) is -1.75. The van der Waals surface area contributed by atoms with Crippen LogP contribution in [-0.4, -0.2) is 35.2 Å². The topological polar surface area (TPSA) is 43.7 Å². The summed E-state index contributed by atoms with van der Waals surface area (Å²) in [5, 5.41) is 18.2. The van der Waals surface area contributed by atoms with Gasteiger partial charge in [-0.1, -0.05) is 26.0 Å². The average molecular weight is 265 g/mol. The molecule has 2 N–H and O–H groups in total. The van der Waals surface area contributed by atoms with E-state index in [1.165, 1.54) is 6.07 Å². The second-order valence-corrected chi connectivity index (χ2v) is 6.17. The van der Waals surface area contributed by atoms with Crippen molar-refractivity contribution < 1.29 is 14.4 Å². The smallest absolute Gasteiger partial charge is 0.423 e. The molecule has 5 heteroatoms. The third-order valence-electron chi connectivity index (χ3n) is 3.95. The SMILES string of the molecule is CC1(C)CCN(Cc2ccc(F)c(B(O)O)c2)CC1. The molecule has 0 atom stereocenters. The van der Waals surface area contributed by atoms with Crippen LogP contribution in [0.1, 0.15) is 32.3 Å². The second kappa shape index (κ2) is 5.61. The molecular formula is C14H21BFNO2. The molecule has 0 unspecified atom stereocenters. The summed E-state index contributed by atoms with van der Waals surface area (Å²) in [5.41, 5.74) is 1.28. The van der Waals surface area contributed by atoms with Crippen molar-refractivity contribution >= 4 is 12.6 Å². The van der Waals surface area contributed by atoms with Crippen LogP contribution in [-0.2, 0) is 6.54 Å². The van der Waals surface area contributed by atoms with Crippen molar-refractivity contribution in [1.82, 2.24) is 4.90 Å². The first-order chi connectivity index (χ1) is 8.87. The number of halogens is 1. The van der Waals surface area contributed by atoms with Gasteiger partial charge in [-0.05, 0) is 43.0 Å². The highest BCUT2D eigenvalue weighted by Crippen LogP contribution is 2.30. The first-order valence-electron chi connectivity index (χ1n) is 6.74. The van der Waals surface area contributed by atoms with Gasteiger partial charge in [0.15, 0.2) is 0 Å². The number of hydrogen-bond acceptors (Lipinski definition) is 3. The molecule has 3 nitrogen and oxygen atoms in total. The zero-order chi connectivity index (χ0) is 14.0. The van der Waals surface area contributed by atoms with Crippen LogP contribution in [0.5, 0.6) is 0 Å². The van der Waals surface area contributed by atoms with E-state index in [4.69, 9.17) is 10.0 Å². The lowest BCUT2D eigenvalue weighted by atomic mass is 9.79. The Morgan fingerprint density at radius 3 is 2.47 bits per heavy atom. The molecule has 0 aromatic heterocycles. The van der Waals surface area contributed by atoms with Gasteiger partial charge in [0.2, 0.25) is 0 Å². The van der Waals surface area contributed by atoms with Gasteiger partial charge < -0.3 is 10.0 Å². The van der Waals surface area contributed by atoms with Crippen LogP contribution in [0.2, 0.25) is 0 Å². The number of benzene rings is 1. The molecule has 1 fully saturated rings. The Balaban J connectivity index is 2.02. The van der Waals surface area contributed by atoms with E-state index >= 15 is 0 Å². The molecule has 0 amide bonds. The fourth-order valence-electron chi connectivity index (χ4n) is 2.46. The van der Waals surface area contributed by atoms with E-state index in [0.717, 1.165) is 38.0 Å². The number of likely N-dealkylation sites (tertiary alicyclic amines) is 1. The fraction of sp³-hybridized carbons (Fsp3) is 0.571. The average Bonchev–Trinajstić information content (AvgIpc) is 2.34. The Labute approximate surface area is 114 Å². The summed E-state index contributed by atoms with van der Waals surface area (Å²) >= 11 is 0. The molecule has 19 heavy (non-hydrogen) atoms. The van der Waals surface area contributed by atoms with Crippen LogP contribution in [0.3, 0.4) is 0 Å². The van der Waals surface area contributed by atoms with Gasteiger partial charge in [0, 0.05) is 12.0 Å². The molecule has 0 aliphatic carbocycles. The highest BCUT2D eigenvalue weighted by Gasteiger charge is 2.25. The van der Waals surface area contributed by atoms with E-state index in [9.17, 15) is 4.39 Å². The third-order valence-corrected chi connectivity index (χ3v) is 3.95. The molecule has 1 aromatic rings. The number of rotatable bonds is 3. The normalized spacial score (nSPS) is 19.4. The highest BCUT2D eigenvalue weighted by molar-refractivity contribution is 6.58. The Hall–Kier alpha value is -0.905. The monoisotopic (exact) mass is 265 g/mol. The van der Waals surface area contributed by atoms with Crippen LogP contribution in [0, 0.1) is 11.2 Å². The Bertz CT molecular complexity index is 441. The van der Waals surface area contributed by atoms with Crippen LogP contribution in [0.15, 0.2) is 18.2 Å². The van der Waals surface area contributed by atoms with Gasteiger partial charge >= 0.3 is 7.12 Å². The van der Waals surface area contributed by atoms with Gasteiger partial charge in [0.1, 0.15) is 5.82 Å². The molecule has 2 rings (SSSR count).